The fourth-order valence-corrected chi connectivity index (χ4v) is 4.94. The summed E-state index contributed by atoms with van der Waals surface area (Å²) >= 11 is 0. The first-order valence-electron chi connectivity index (χ1n) is 11.4. The van der Waals surface area contributed by atoms with E-state index in [1.807, 2.05) is 35.7 Å². The lowest BCUT2D eigenvalue weighted by Gasteiger charge is -2.42. The fourth-order valence-electron chi connectivity index (χ4n) is 4.94. The maximum atomic E-state index is 10.6. The first kappa shape index (κ1) is 19.9. The van der Waals surface area contributed by atoms with Crippen molar-refractivity contribution < 1.29 is 5.11 Å². The van der Waals surface area contributed by atoms with Gasteiger partial charge >= 0.3 is 0 Å². The van der Waals surface area contributed by atoms with Crippen molar-refractivity contribution in [2.24, 2.45) is 0 Å². The van der Waals surface area contributed by atoms with Gasteiger partial charge in [-0.2, -0.15) is 0 Å². The van der Waals surface area contributed by atoms with Crippen LogP contribution in [-0.4, -0.2) is 30.1 Å². The molecule has 1 aliphatic rings. The molecule has 33 heavy (non-hydrogen) atoms. The Morgan fingerprint density at radius 3 is 2.61 bits per heavy atom. The largest absolute Gasteiger partial charge is 0.390 e. The van der Waals surface area contributed by atoms with Crippen LogP contribution in [-0.2, 0) is 0 Å². The number of aliphatic hydroxyl groups is 1. The van der Waals surface area contributed by atoms with Gasteiger partial charge in [0.15, 0.2) is 0 Å². The Labute approximate surface area is 191 Å². The Kier molecular flexibility index (Phi) is 4.45. The first-order chi connectivity index (χ1) is 16.0. The van der Waals surface area contributed by atoms with E-state index in [0.29, 0.717) is 18.7 Å². The predicted octanol–water partition coefficient (Wildman–Crippen LogP) is 5.21. The van der Waals surface area contributed by atoms with Gasteiger partial charge in [0.05, 0.1) is 16.8 Å². The van der Waals surface area contributed by atoms with Gasteiger partial charge in [-0.3, -0.25) is 4.40 Å². The van der Waals surface area contributed by atoms with Crippen LogP contribution in [0.1, 0.15) is 37.9 Å². The average Bonchev–Trinajstić information content (AvgIpc) is 3.22. The van der Waals surface area contributed by atoms with Gasteiger partial charge in [-0.25, -0.2) is 15.0 Å². The van der Waals surface area contributed by atoms with Crippen molar-refractivity contribution in [3.05, 3.63) is 78.9 Å². The molecule has 1 fully saturated rings. The van der Waals surface area contributed by atoms with Gasteiger partial charge in [-0.15, -0.1) is 0 Å². The summed E-state index contributed by atoms with van der Waals surface area (Å²) in [5.41, 5.74) is 11.2. The SMILES string of the molecule is CCC1(O)CC(c2nc(-c3ccc4ccc(-c5ccccc5)nc4c3)c3c(N)nccn23)C1. The Balaban J connectivity index is 1.48. The van der Waals surface area contributed by atoms with Crippen molar-refractivity contribution in [3.8, 4) is 22.5 Å². The summed E-state index contributed by atoms with van der Waals surface area (Å²) in [5, 5.41) is 11.6. The highest BCUT2D eigenvalue weighted by Gasteiger charge is 2.44. The van der Waals surface area contributed by atoms with Crippen LogP contribution in [0.2, 0.25) is 0 Å². The van der Waals surface area contributed by atoms with Crippen molar-refractivity contribution in [1.29, 1.82) is 0 Å². The maximum Gasteiger partial charge on any atom is 0.150 e. The number of benzene rings is 2. The summed E-state index contributed by atoms with van der Waals surface area (Å²) in [5.74, 6) is 1.57. The monoisotopic (exact) mass is 435 g/mol. The second kappa shape index (κ2) is 7.39. The topological polar surface area (TPSA) is 89.3 Å². The summed E-state index contributed by atoms with van der Waals surface area (Å²) in [6.45, 7) is 2.03. The molecule has 6 rings (SSSR count). The molecule has 6 nitrogen and oxygen atoms in total. The number of nitrogen functional groups attached to an aromatic ring is 1. The summed E-state index contributed by atoms with van der Waals surface area (Å²) in [6.07, 6.45) is 5.79. The van der Waals surface area contributed by atoms with E-state index >= 15 is 0 Å². The van der Waals surface area contributed by atoms with Gasteiger partial charge in [0.1, 0.15) is 22.9 Å². The van der Waals surface area contributed by atoms with E-state index in [-0.39, 0.29) is 5.92 Å². The minimum absolute atomic E-state index is 0.196. The van der Waals surface area contributed by atoms with Crippen LogP contribution in [0.4, 0.5) is 5.82 Å². The summed E-state index contributed by atoms with van der Waals surface area (Å²) in [6, 6.07) is 20.5. The smallest absolute Gasteiger partial charge is 0.150 e. The minimum Gasteiger partial charge on any atom is -0.390 e. The van der Waals surface area contributed by atoms with Crippen LogP contribution >= 0.6 is 0 Å². The third kappa shape index (κ3) is 3.26. The molecule has 0 unspecified atom stereocenters. The number of hydrogen-bond acceptors (Lipinski definition) is 5. The zero-order valence-electron chi connectivity index (χ0n) is 18.4. The highest BCUT2D eigenvalue weighted by atomic mass is 16.3. The molecule has 0 amide bonds. The number of rotatable bonds is 4. The van der Waals surface area contributed by atoms with E-state index in [1.165, 1.54) is 0 Å². The normalized spacial score (nSPS) is 20.2. The summed E-state index contributed by atoms with van der Waals surface area (Å²) in [7, 11) is 0. The van der Waals surface area contributed by atoms with Crippen LogP contribution < -0.4 is 5.73 Å². The van der Waals surface area contributed by atoms with Crippen molar-refractivity contribution in [1.82, 2.24) is 19.4 Å². The molecule has 1 aliphatic carbocycles. The van der Waals surface area contributed by atoms with Crippen molar-refractivity contribution in [3.63, 3.8) is 0 Å². The molecule has 1 saturated carbocycles. The molecule has 3 heterocycles. The molecule has 0 aliphatic heterocycles. The number of fused-ring (bicyclic) bond motifs is 2. The van der Waals surface area contributed by atoms with Gasteiger partial charge in [0.25, 0.3) is 0 Å². The second-order valence-corrected chi connectivity index (χ2v) is 9.00. The highest BCUT2D eigenvalue weighted by Crippen LogP contribution is 2.47. The minimum atomic E-state index is -0.587. The Bertz CT molecular complexity index is 1490. The van der Waals surface area contributed by atoms with Gasteiger partial charge in [-0.1, -0.05) is 55.5 Å². The molecule has 3 N–H and O–H groups in total. The van der Waals surface area contributed by atoms with Crippen LogP contribution in [0.15, 0.2) is 73.1 Å². The lowest BCUT2D eigenvalue weighted by molar-refractivity contribution is -0.0536. The van der Waals surface area contributed by atoms with E-state index in [0.717, 1.165) is 51.2 Å². The number of hydrogen-bond donors (Lipinski definition) is 2. The quantitative estimate of drug-likeness (QED) is 0.404. The molecule has 6 heteroatoms. The zero-order chi connectivity index (χ0) is 22.6. The van der Waals surface area contributed by atoms with Crippen LogP contribution in [0, 0.1) is 0 Å². The maximum absolute atomic E-state index is 10.6. The molecule has 164 valence electrons. The molecule has 0 saturated heterocycles. The Morgan fingerprint density at radius 2 is 1.82 bits per heavy atom. The zero-order valence-corrected chi connectivity index (χ0v) is 18.4. The Morgan fingerprint density at radius 1 is 1.03 bits per heavy atom. The number of imidazole rings is 1. The summed E-state index contributed by atoms with van der Waals surface area (Å²) in [4.78, 5) is 14.3. The molecule has 3 aromatic heterocycles. The van der Waals surface area contributed by atoms with Gasteiger partial charge in [0, 0.05) is 34.8 Å². The van der Waals surface area contributed by atoms with E-state index < -0.39 is 5.60 Å². The first-order valence-corrected chi connectivity index (χ1v) is 11.4. The number of nitrogens with zero attached hydrogens (tertiary/aromatic N) is 4. The molecule has 5 aromatic rings. The van der Waals surface area contributed by atoms with Crippen molar-refractivity contribution >= 4 is 22.2 Å². The summed E-state index contributed by atoms with van der Waals surface area (Å²) < 4.78 is 2.04. The number of anilines is 1. The molecular formula is C27H25N5O. The average molecular weight is 436 g/mol. The Hall–Kier alpha value is -3.77. The number of pyridine rings is 1. The predicted molar refractivity (Wildman–Crippen MR) is 131 cm³/mol. The van der Waals surface area contributed by atoms with E-state index in [1.54, 1.807) is 6.20 Å². The molecule has 0 atom stereocenters. The van der Waals surface area contributed by atoms with Gasteiger partial charge < -0.3 is 10.8 Å². The number of aromatic nitrogens is 4. The third-order valence-corrected chi connectivity index (χ3v) is 6.92. The number of nitrogens with two attached hydrogens (primary N) is 1. The third-order valence-electron chi connectivity index (χ3n) is 6.92. The standard InChI is InChI=1S/C27H25N5O/c1-2-27(33)15-20(16-27)26-31-23(24-25(28)29-12-13-32(24)26)19-9-8-18-10-11-21(30-22(18)14-19)17-6-4-3-5-7-17/h3-14,20,33H,2,15-16H2,1H3,(H2,28,29). The van der Waals surface area contributed by atoms with Crippen LogP contribution in [0.5, 0.6) is 0 Å². The molecule has 0 spiro atoms. The van der Waals surface area contributed by atoms with E-state index in [9.17, 15) is 5.11 Å². The lowest BCUT2D eigenvalue weighted by Crippen LogP contribution is -2.42. The van der Waals surface area contributed by atoms with E-state index in [2.05, 4.69) is 47.4 Å². The van der Waals surface area contributed by atoms with Crippen LogP contribution in [0.25, 0.3) is 38.9 Å². The highest BCUT2D eigenvalue weighted by molar-refractivity contribution is 5.91. The van der Waals surface area contributed by atoms with Crippen molar-refractivity contribution in [2.45, 2.75) is 37.7 Å². The molecule has 0 bridgehead atoms. The van der Waals surface area contributed by atoms with Gasteiger partial charge in [0.2, 0.25) is 0 Å². The molecular weight excluding hydrogens is 410 g/mol. The van der Waals surface area contributed by atoms with E-state index in [4.69, 9.17) is 15.7 Å². The van der Waals surface area contributed by atoms with Crippen molar-refractivity contribution in [2.75, 3.05) is 5.73 Å². The van der Waals surface area contributed by atoms with Gasteiger partial charge in [-0.05, 0) is 31.4 Å². The lowest BCUT2D eigenvalue weighted by atomic mass is 9.69. The molecule has 0 radical (unpaired) electrons. The van der Waals surface area contributed by atoms with Crippen LogP contribution in [0.3, 0.4) is 0 Å². The molecule has 2 aromatic carbocycles. The fraction of sp³-hybridized carbons (Fsp3) is 0.222. The second-order valence-electron chi connectivity index (χ2n) is 9.00.